The Labute approximate surface area is 110 Å². The first-order chi connectivity index (χ1) is 8.63. The molecule has 1 N–H and O–H groups in total. The van der Waals surface area contributed by atoms with E-state index in [1.807, 2.05) is 0 Å². The Hall–Kier alpha value is -1.86. The summed E-state index contributed by atoms with van der Waals surface area (Å²) in [5.41, 5.74) is 0.458. The van der Waals surface area contributed by atoms with Crippen LogP contribution < -0.4 is 9.47 Å². The Bertz CT molecular complexity index is 500. The Morgan fingerprint density at radius 1 is 1.33 bits per heavy atom. The summed E-state index contributed by atoms with van der Waals surface area (Å²) in [6, 6.07) is 2.94. The minimum absolute atomic E-state index is 0.0784. The highest BCUT2D eigenvalue weighted by atomic mass is 35.5. The maximum atomic E-state index is 11.1. The summed E-state index contributed by atoms with van der Waals surface area (Å²) < 4.78 is 10.2. The first-order valence-corrected chi connectivity index (χ1v) is 5.71. The van der Waals surface area contributed by atoms with Crippen molar-refractivity contribution in [2.75, 3.05) is 20.1 Å². The molecule has 0 unspecified atom stereocenters. The van der Waals surface area contributed by atoms with Gasteiger partial charge in [-0.1, -0.05) is 11.8 Å². The fourth-order valence-corrected chi connectivity index (χ4v) is 1.46. The van der Waals surface area contributed by atoms with Gasteiger partial charge in [0, 0.05) is 23.9 Å². The van der Waals surface area contributed by atoms with Gasteiger partial charge in [0.25, 0.3) is 0 Å². The van der Waals surface area contributed by atoms with Crippen LogP contribution in [-0.2, 0) is 0 Å². The zero-order valence-corrected chi connectivity index (χ0v) is 10.9. The van der Waals surface area contributed by atoms with Crippen molar-refractivity contribution in [2.45, 2.75) is 6.42 Å². The van der Waals surface area contributed by atoms with E-state index in [-0.39, 0.29) is 5.56 Å². The van der Waals surface area contributed by atoms with Crippen molar-refractivity contribution in [3.8, 4) is 23.3 Å². The molecule has 0 spiro atoms. The molecule has 5 heteroatoms. The maximum Gasteiger partial charge on any atom is 0.337 e. The molecule has 0 saturated carbocycles. The summed E-state index contributed by atoms with van der Waals surface area (Å²) in [6.45, 7) is 0. The van der Waals surface area contributed by atoms with Gasteiger partial charge < -0.3 is 14.6 Å². The van der Waals surface area contributed by atoms with Gasteiger partial charge in [-0.2, -0.15) is 0 Å². The first kappa shape index (κ1) is 14.2. The van der Waals surface area contributed by atoms with Crippen molar-refractivity contribution in [3.05, 3.63) is 23.3 Å². The Morgan fingerprint density at radius 2 is 1.94 bits per heavy atom. The summed E-state index contributed by atoms with van der Waals surface area (Å²) in [5.74, 6) is 5.71. The zero-order valence-electron chi connectivity index (χ0n) is 10.1. The van der Waals surface area contributed by atoms with Gasteiger partial charge in [-0.05, 0) is 6.07 Å². The van der Waals surface area contributed by atoms with Crippen molar-refractivity contribution >= 4 is 17.6 Å². The fraction of sp³-hybridized carbons (Fsp3) is 0.308. The van der Waals surface area contributed by atoms with E-state index in [0.717, 1.165) is 0 Å². The van der Waals surface area contributed by atoms with Crippen molar-refractivity contribution < 1.29 is 19.4 Å². The van der Waals surface area contributed by atoms with Gasteiger partial charge in [0.05, 0.1) is 19.8 Å². The van der Waals surface area contributed by atoms with Crippen LogP contribution in [0.4, 0.5) is 0 Å². The van der Waals surface area contributed by atoms with Gasteiger partial charge in [0.1, 0.15) is 0 Å². The molecule has 0 heterocycles. The van der Waals surface area contributed by atoms with Crippen LogP contribution >= 0.6 is 11.6 Å². The smallest absolute Gasteiger partial charge is 0.337 e. The average Bonchev–Trinajstić information content (AvgIpc) is 2.38. The van der Waals surface area contributed by atoms with E-state index in [1.165, 1.54) is 20.3 Å². The number of aromatic carboxylic acids is 1. The number of hydrogen-bond acceptors (Lipinski definition) is 3. The normalized spacial score (nSPS) is 9.28. The molecular formula is C13H13ClO4. The van der Waals surface area contributed by atoms with Gasteiger partial charge in [-0.25, -0.2) is 4.79 Å². The lowest BCUT2D eigenvalue weighted by Crippen LogP contribution is -2.02. The number of ether oxygens (including phenoxy) is 2. The molecule has 0 radical (unpaired) electrons. The SMILES string of the molecule is COc1cc(C#CCCCl)c(C(=O)O)cc1OC. The molecule has 0 atom stereocenters. The topological polar surface area (TPSA) is 55.8 Å². The molecule has 1 aromatic carbocycles. The number of hydrogen-bond donors (Lipinski definition) is 1. The third kappa shape index (κ3) is 3.31. The van der Waals surface area contributed by atoms with Crippen LogP contribution in [-0.4, -0.2) is 31.2 Å². The highest BCUT2D eigenvalue weighted by Crippen LogP contribution is 2.30. The fourth-order valence-electron chi connectivity index (χ4n) is 1.36. The van der Waals surface area contributed by atoms with Crippen LogP contribution in [0.15, 0.2) is 12.1 Å². The number of carboxylic acid groups (broad SMARTS) is 1. The van der Waals surface area contributed by atoms with E-state index < -0.39 is 5.97 Å². The summed E-state index contributed by atoms with van der Waals surface area (Å²) >= 11 is 5.51. The van der Waals surface area contributed by atoms with Crippen LogP contribution in [0.1, 0.15) is 22.3 Å². The lowest BCUT2D eigenvalue weighted by atomic mass is 10.1. The van der Waals surface area contributed by atoms with Gasteiger partial charge in [-0.3, -0.25) is 0 Å². The maximum absolute atomic E-state index is 11.1. The lowest BCUT2D eigenvalue weighted by molar-refractivity contribution is 0.0696. The number of carboxylic acids is 1. The zero-order chi connectivity index (χ0) is 13.5. The largest absolute Gasteiger partial charge is 0.493 e. The molecule has 0 fully saturated rings. The predicted octanol–water partition coefficient (Wildman–Crippen LogP) is 2.38. The van der Waals surface area contributed by atoms with Crippen molar-refractivity contribution in [1.29, 1.82) is 0 Å². The third-order valence-corrected chi connectivity index (χ3v) is 2.39. The minimum atomic E-state index is -1.06. The number of methoxy groups -OCH3 is 2. The molecule has 0 aliphatic carbocycles. The molecule has 0 bridgehead atoms. The van der Waals surface area contributed by atoms with Crippen LogP contribution in [0.5, 0.6) is 11.5 Å². The lowest BCUT2D eigenvalue weighted by Gasteiger charge is -2.09. The molecule has 1 aromatic rings. The molecule has 0 saturated heterocycles. The van der Waals surface area contributed by atoms with E-state index in [9.17, 15) is 4.79 Å². The number of carbonyl (C=O) groups is 1. The van der Waals surface area contributed by atoms with Crippen LogP contribution in [0.2, 0.25) is 0 Å². The molecule has 1 rings (SSSR count). The summed E-state index contributed by atoms with van der Waals surface area (Å²) in [6.07, 6.45) is 0.495. The molecule has 0 aliphatic rings. The number of halogens is 1. The molecule has 4 nitrogen and oxygen atoms in total. The first-order valence-electron chi connectivity index (χ1n) is 5.18. The van der Waals surface area contributed by atoms with Gasteiger partial charge in [0.15, 0.2) is 11.5 Å². The van der Waals surface area contributed by atoms with Crippen LogP contribution in [0.25, 0.3) is 0 Å². The second-order valence-electron chi connectivity index (χ2n) is 3.30. The monoisotopic (exact) mass is 268 g/mol. The molecule has 0 amide bonds. The van der Waals surface area contributed by atoms with Gasteiger partial charge >= 0.3 is 5.97 Å². The summed E-state index contributed by atoms with van der Waals surface area (Å²) in [5, 5.41) is 9.12. The third-order valence-electron chi connectivity index (χ3n) is 2.20. The molecule has 96 valence electrons. The van der Waals surface area contributed by atoms with Crippen molar-refractivity contribution in [2.24, 2.45) is 0 Å². The Balaban J connectivity index is 3.30. The van der Waals surface area contributed by atoms with Gasteiger partial charge in [-0.15, -0.1) is 11.6 Å². The standard InChI is InChI=1S/C13H13ClO4/c1-17-11-7-9(5-3-4-6-14)10(13(15)16)8-12(11)18-2/h7-8H,4,6H2,1-2H3,(H,15,16). The Kier molecular flexibility index (Phi) is 5.34. The number of benzene rings is 1. The van der Waals surface area contributed by atoms with E-state index in [0.29, 0.717) is 29.4 Å². The van der Waals surface area contributed by atoms with E-state index in [1.54, 1.807) is 6.07 Å². The summed E-state index contributed by atoms with van der Waals surface area (Å²) in [7, 11) is 2.93. The van der Waals surface area contributed by atoms with E-state index in [4.69, 9.17) is 26.2 Å². The van der Waals surface area contributed by atoms with E-state index in [2.05, 4.69) is 11.8 Å². The minimum Gasteiger partial charge on any atom is -0.493 e. The Morgan fingerprint density at radius 3 is 2.44 bits per heavy atom. The molecule has 18 heavy (non-hydrogen) atoms. The quantitative estimate of drug-likeness (QED) is 0.673. The molecule has 0 aromatic heterocycles. The van der Waals surface area contributed by atoms with Crippen LogP contribution in [0.3, 0.4) is 0 Å². The highest BCUT2D eigenvalue weighted by Gasteiger charge is 2.14. The second kappa shape index (κ2) is 6.77. The van der Waals surface area contributed by atoms with E-state index >= 15 is 0 Å². The number of rotatable bonds is 4. The highest BCUT2D eigenvalue weighted by molar-refractivity contribution is 6.18. The average molecular weight is 269 g/mol. The molecule has 0 aliphatic heterocycles. The van der Waals surface area contributed by atoms with Gasteiger partial charge in [0.2, 0.25) is 0 Å². The predicted molar refractivity (Wildman–Crippen MR) is 68.7 cm³/mol. The van der Waals surface area contributed by atoms with Crippen LogP contribution in [0, 0.1) is 11.8 Å². The van der Waals surface area contributed by atoms with Crippen molar-refractivity contribution in [3.63, 3.8) is 0 Å². The second-order valence-corrected chi connectivity index (χ2v) is 3.68. The summed E-state index contributed by atoms with van der Waals surface area (Å²) in [4.78, 5) is 11.1. The van der Waals surface area contributed by atoms with Crippen molar-refractivity contribution in [1.82, 2.24) is 0 Å². The number of alkyl halides is 1. The molecular weight excluding hydrogens is 256 g/mol.